The summed E-state index contributed by atoms with van der Waals surface area (Å²) in [5.74, 6) is 0.862. The molecule has 0 radical (unpaired) electrons. The van der Waals surface area contributed by atoms with Gasteiger partial charge in [0.25, 0.3) is 0 Å². The summed E-state index contributed by atoms with van der Waals surface area (Å²) in [6.45, 7) is 6.23. The van der Waals surface area contributed by atoms with Crippen molar-refractivity contribution in [1.82, 2.24) is 0 Å². The van der Waals surface area contributed by atoms with E-state index in [2.05, 4.69) is 19.2 Å². The summed E-state index contributed by atoms with van der Waals surface area (Å²) in [5.41, 5.74) is 8.19. The number of nitrogens with two attached hydrogens (primary N) is 1. The first-order valence-corrected chi connectivity index (χ1v) is 7.38. The normalized spacial score (nSPS) is 17.4. The average Bonchev–Trinajstić information content (AvgIpc) is 2.81. The Morgan fingerprint density at radius 1 is 1.26 bits per heavy atom. The molecule has 0 atom stereocenters. The third-order valence-electron chi connectivity index (χ3n) is 3.93. The van der Waals surface area contributed by atoms with Crippen molar-refractivity contribution in [1.29, 1.82) is 0 Å². The fraction of sp³-hybridized carbons (Fsp3) is 0.625. The van der Waals surface area contributed by atoms with Gasteiger partial charge in [-0.15, -0.1) is 0 Å². The van der Waals surface area contributed by atoms with Crippen LogP contribution in [0.3, 0.4) is 0 Å². The van der Waals surface area contributed by atoms with Crippen LogP contribution in [0.4, 0.5) is 11.4 Å². The van der Waals surface area contributed by atoms with Crippen molar-refractivity contribution >= 4 is 11.4 Å². The van der Waals surface area contributed by atoms with E-state index in [-0.39, 0.29) is 0 Å². The molecule has 1 aromatic carbocycles. The fourth-order valence-corrected chi connectivity index (χ4v) is 2.75. The number of ether oxygens (including phenoxy) is 1. The Morgan fingerprint density at radius 3 is 2.68 bits per heavy atom. The van der Waals surface area contributed by atoms with Crippen LogP contribution in [0.1, 0.15) is 46.0 Å². The standard InChI is InChI=1S/C16H26N2O/c1-3-8-19-15-10-13(17)9-14(11-15)18-12-16(2)6-4-5-7-16/h9-11,18H,3-8,12,17H2,1-2H3. The van der Waals surface area contributed by atoms with Gasteiger partial charge in [0.05, 0.1) is 6.61 Å². The Labute approximate surface area is 116 Å². The van der Waals surface area contributed by atoms with Crippen molar-refractivity contribution in [3.63, 3.8) is 0 Å². The first-order valence-electron chi connectivity index (χ1n) is 7.38. The molecule has 0 unspecified atom stereocenters. The highest BCUT2D eigenvalue weighted by Gasteiger charge is 2.28. The number of anilines is 2. The van der Waals surface area contributed by atoms with E-state index in [4.69, 9.17) is 10.5 Å². The maximum absolute atomic E-state index is 5.93. The van der Waals surface area contributed by atoms with E-state index in [0.29, 0.717) is 5.41 Å². The zero-order valence-electron chi connectivity index (χ0n) is 12.2. The van der Waals surface area contributed by atoms with Gasteiger partial charge in [-0.05, 0) is 30.7 Å². The first-order chi connectivity index (χ1) is 9.11. The van der Waals surface area contributed by atoms with Gasteiger partial charge in [-0.2, -0.15) is 0 Å². The van der Waals surface area contributed by atoms with Crippen LogP contribution in [0.5, 0.6) is 5.75 Å². The summed E-state index contributed by atoms with van der Waals surface area (Å²) in [6.07, 6.45) is 6.37. The molecular formula is C16H26N2O. The molecule has 2 rings (SSSR count). The zero-order valence-corrected chi connectivity index (χ0v) is 12.2. The molecule has 0 aromatic heterocycles. The molecule has 0 saturated heterocycles. The molecule has 1 aliphatic carbocycles. The largest absolute Gasteiger partial charge is 0.493 e. The lowest BCUT2D eigenvalue weighted by Crippen LogP contribution is -2.23. The molecule has 0 amide bonds. The van der Waals surface area contributed by atoms with E-state index in [1.807, 2.05) is 18.2 Å². The molecule has 106 valence electrons. The molecule has 0 bridgehead atoms. The summed E-state index contributed by atoms with van der Waals surface area (Å²) in [4.78, 5) is 0. The Morgan fingerprint density at radius 2 is 2.00 bits per heavy atom. The Bertz CT molecular complexity index is 411. The first kappa shape index (κ1) is 14.0. The molecule has 0 heterocycles. The highest BCUT2D eigenvalue weighted by Crippen LogP contribution is 2.37. The van der Waals surface area contributed by atoms with Crippen LogP contribution in [0, 0.1) is 5.41 Å². The van der Waals surface area contributed by atoms with E-state index in [9.17, 15) is 0 Å². The second-order valence-corrected chi connectivity index (χ2v) is 6.01. The Balaban J connectivity index is 1.97. The molecule has 0 spiro atoms. The number of nitrogen functional groups attached to an aromatic ring is 1. The van der Waals surface area contributed by atoms with Gasteiger partial charge in [0, 0.05) is 30.1 Å². The SMILES string of the molecule is CCCOc1cc(N)cc(NCC2(C)CCCC2)c1. The summed E-state index contributed by atoms with van der Waals surface area (Å²) in [5, 5.41) is 3.52. The van der Waals surface area contributed by atoms with Crippen molar-refractivity contribution in [2.45, 2.75) is 46.0 Å². The lowest BCUT2D eigenvalue weighted by atomic mass is 9.89. The average molecular weight is 262 g/mol. The molecular weight excluding hydrogens is 236 g/mol. The summed E-state index contributed by atoms with van der Waals surface area (Å²) in [7, 11) is 0. The lowest BCUT2D eigenvalue weighted by Gasteiger charge is -2.24. The predicted octanol–water partition coefficient (Wildman–Crippen LogP) is 4.05. The molecule has 1 saturated carbocycles. The Hall–Kier alpha value is -1.38. The third-order valence-corrected chi connectivity index (χ3v) is 3.93. The maximum atomic E-state index is 5.93. The number of rotatable bonds is 6. The van der Waals surface area contributed by atoms with Gasteiger partial charge in [-0.3, -0.25) is 0 Å². The van der Waals surface area contributed by atoms with Gasteiger partial charge in [0.2, 0.25) is 0 Å². The van der Waals surface area contributed by atoms with Gasteiger partial charge in [-0.1, -0.05) is 26.7 Å². The van der Waals surface area contributed by atoms with Crippen LogP contribution in [0.2, 0.25) is 0 Å². The number of hydrogen-bond donors (Lipinski definition) is 2. The minimum Gasteiger partial charge on any atom is -0.493 e. The quantitative estimate of drug-likeness (QED) is 0.760. The highest BCUT2D eigenvalue weighted by atomic mass is 16.5. The smallest absolute Gasteiger partial charge is 0.123 e. The minimum atomic E-state index is 0.440. The number of nitrogens with one attached hydrogen (secondary N) is 1. The van der Waals surface area contributed by atoms with Gasteiger partial charge in [-0.25, -0.2) is 0 Å². The topological polar surface area (TPSA) is 47.3 Å². The summed E-state index contributed by atoms with van der Waals surface area (Å²) >= 11 is 0. The summed E-state index contributed by atoms with van der Waals surface area (Å²) in [6, 6.07) is 5.92. The van der Waals surface area contributed by atoms with Crippen molar-refractivity contribution in [3.8, 4) is 5.75 Å². The summed E-state index contributed by atoms with van der Waals surface area (Å²) < 4.78 is 5.65. The van der Waals surface area contributed by atoms with E-state index >= 15 is 0 Å². The van der Waals surface area contributed by atoms with Crippen molar-refractivity contribution < 1.29 is 4.74 Å². The second-order valence-electron chi connectivity index (χ2n) is 6.01. The van der Waals surface area contributed by atoms with Crippen LogP contribution < -0.4 is 15.8 Å². The minimum absolute atomic E-state index is 0.440. The zero-order chi connectivity index (χ0) is 13.7. The number of benzene rings is 1. The van der Waals surface area contributed by atoms with E-state index in [0.717, 1.165) is 36.7 Å². The molecule has 0 aliphatic heterocycles. The van der Waals surface area contributed by atoms with E-state index < -0.39 is 0 Å². The molecule has 3 nitrogen and oxygen atoms in total. The van der Waals surface area contributed by atoms with Gasteiger partial charge in [0.15, 0.2) is 0 Å². The molecule has 1 aromatic rings. The van der Waals surface area contributed by atoms with Crippen LogP contribution in [0.25, 0.3) is 0 Å². The van der Waals surface area contributed by atoms with Crippen molar-refractivity contribution in [2.24, 2.45) is 5.41 Å². The molecule has 19 heavy (non-hydrogen) atoms. The Kier molecular flexibility index (Phi) is 4.56. The van der Waals surface area contributed by atoms with Gasteiger partial charge in [0.1, 0.15) is 5.75 Å². The molecule has 3 N–H and O–H groups in total. The van der Waals surface area contributed by atoms with Crippen LogP contribution >= 0.6 is 0 Å². The van der Waals surface area contributed by atoms with Crippen molar-refractivity contribution in [2.75, 3.05) is 24.2 Å². The number of hydrogen-bond acceptors (Lipinski definition) is 3. The van der Waals surface area contributed by atoms with Crippen LogP contribution in [-0.4, -0.2) is 13.2 Å². The maximum Gasteiger partial charge on any atom is 0.123 e. The van der Waals surface area contributed by atoms with E-state index in [1.165, 1.54) is 25.7 Å². The fourth-order valence-electron chi connectivity index (χ4n) is 2.75. The molecule has 1 fully saturated rings. The molecule has 3 heteroatoms. The van der Waals surface area contributed by atoms with E-state index in [1.54, 1.807) is 0 Å². The third kappa shape index (κ3) is 4.05. The second kappa shape index (κ2) is 6.18. The monoisotopic (exact) mass is 262 g/mol. The highest BCUT2D eigenvalue weighted by molar-refractivity contribution is 5.59. The van der Waals surface area contributed by atoms with Crippen LogP contribution in [0.15, 0.2) is 18.2 Å². The van der Waals surface area contributed by atoms with Crippen molar-refractivity contribution in [3.05, 3.63) is 18.2 Å². The molecule has 1 aliphatic rings. The predicted molar refractivity (Wildman–Crippen MR) is 81.7 cm³/mol. The van der Waals surface area contributed by atoms with Crippen LogP contribution in [-0.2, 0) is 0 Å². The lowest BCUT2D eigenvalue weighted by molar-refractivity contribution is 0.317. The van der Waals surface area contributed by atoms with Gasteiger partial charge >= 0.3 is 0 Å². The van der Waals surface area contributed by atoms with Gasteiger partial charge < -0.3 is 15.8 Å².